The Morgan fingerprint density at radius 1 is 1.29 bits per heavy atom. The number of hydrogen-bond acceptors (Lipinski definition) is 3. The van der Waals surface area contributed by atoms with Crippen LogP contribution < -0.4 is 5.32 Å². The zero-order valence-corrected chi connectivity index (χ0v) is 15.0. The van der Waals surface area contributed by atoms with Crippen LogP contribution in [0, 0.1) is 0 Å². The summed E-state index contributed by atoms with van der Waals surface area (Å²) in [5, 5.41) is 12.1. The molecule has 0 saturated heterocycles. The van der Waals surface area contributed by atoms with E-state index >= 15 is 0 Å². The normalized spacial score (nSPS) is 12.0. The van der Waals surface area contributed by atoms with Gasteiger partial charge in [-0.05, 0) is 44.0 Å². The van der Waals surface area contributed by atoms with E-state index in [2.05, 4.69) is 37.2 Å². The van der Waals surface area contributed by atoms with Crippen molar-refractivity contribution in [2.45, 2.75) is 6.04 Å². The van der Waals surface area contributed by atoms with Gasteiger partial charge in [-0.3, -0.25) is 4.79 Å². The lowest BCUT2D eigenvalue weighted by molar-refractivity contribution is -0.139. The highest BCUT2D eigenvalue weighted by atomic mass is 79.9. The molecule has 1 heterocycles. The number of hydrogen-bond donors (Lipinski definition) is 2. The average molecular weight is 454 g/mol. The van der Waals surface area contributed by atoms with Gasteiger partial charge in [0.05, 0.1) is 8.66 Å². The van der Waals surface area contributed by atoms with Crippen molar-refractivity contribution in [1.29, 1.82) is 0 Å². The van der Waals surface area contributed by atoms with Gasteiger partial charge in [0.25, 0.3) is 5.91 Å². The van der Waals surface area contributed by atoms with E-state index in [1.807, 2.05) is 0 Å². The molecule has 4 nitrogen and oxygen atoms in total. The molecule has 0 radical (unpaired) electrons. The number of benzene rings is 1. The molecule has 110 valence electrons. The van der Waals surface area contributed by atoms with Crippen molar-refractivity contribution >= 4 is 66.7 Å². The summed E-state index contributed by atoms with van der Waals surface area (Å²) < 4.78 is 1.50. The minimum absolute atomic E-state index is 0.291. The van der Waals surface area contributed by atoms with Crippen LogP contribution in [-0.2, 0) is 4.79 Å². The fourth-order valence-corrected chi connectivity index (χ4v) is 3.83. The molecule has 1 aromatic heterocycles. The molecule has 0 unspecified atom stereocenters. The lowest BCUT2D eigenvalue weighted by Gasteiger charge is -2.15. The number of rotatable bonds is 4. The molecule has 2 rings (SSSR count). The molecule has 21 heavy (non-hydrogen) atoms. The second-order valence-electron chi connectivity index (χ2n) is 4.00. The highest BCUT2D eigenvalue weighted by molar-refractivity contribution is 9.13. The molecule has 0 aliphatic heterocycles. The van der Waals surface area contributed by atoms with E-state index < -0.39 is 17.9 Å². The summed E-state index contributed by atoms with van der Waals surface area (Å²) in [6.07, 6.45) is 0. The van der Waals surface area contributed by atoms with Gasteiger partial charge in [0.15, 0.2) is 6.04 Å². The maximum absolute atomic E-state index is 12.2. The van der Waals surface area contributed by atoms with Gasteiger partial charge >= 0.3 is 5.97 Å². The lowest BCUT2D eigenvalue weighted by atomic mass is 10.1. The van der Waals surface area contributed by atoms with Crippen molar-refractivity contribution in [1.82, 2.24) is 5.32 Å². The van der Waals surface area contributed by atoms with E-state index in [-0.39, 0.29) is 0 Å². The first-order valence-electron chi connectivity index (χ1n) is 5.63. The number of carbonyl (C=O) groups is 2. The Morgan fingerprint density at radius 3 is 2.48 bits per heavy atom. The molecule has 0 fully saturated rings. The molecule has 2 N–H and O–H groups in total. The highest BCUT2D eigenvalue weighted by Crippen LogP contribution is 2.33. The van der Waals surface area contributed by atoms with Crippen LogP contribution in [0.4, 0.5) is 0 Å². The van der Waals surface area contributed by atoms with Crippen molar-refractivity contribution in [2.24, 2.45) is 0 Å². The third-order valence-electron chi connectivity index (χ3n) is 2.61. The maximum Gasteiger partial charge on any atom is 0.330 e. The van der Waals surface area contributed by atoms with Crippen LogP contribution in [0.5, 0.6) is 0 Å². The Hall–Kier alpha value is -0.890. The molecule has 8 heteroatoms. The van der Waals surface area contributed by atoms with E-state index in [1.165, 1.54) is 11.3 Å². The van der Waals surface area contributed by atoms with E-state index in [4.69, 9.17) is 11.6 Å². The predicted molar refractivity (Wildman–Crippen MR) is 89.0 cm³/mol. The van der Waals surface area contributed by atoms with Crippen molar-refractivity contribution < 1.29 is 14.7 Å². The lowest BCUT2D eigenvalue weighted by Crippen LogP contribution is -2.33. The van der Waals surface area contributed by atoms with Gasteiger partial charge in [0, 0.05) is 15.1 Å². The zero-order chi connectivity index (χ0) is 15.6. The van der Waals surface area contributed by atoms with Gasteiger partial charge in [-0.25, -0.2) is 4.79 Å². The first-order valence-corrected chi connectivity index (χ1v) is 8.41. The molecule has 1 aromatic carbocycles. The third-order valence-corrected chi connectivity index (χ3v) is 6.21. The number of carboxylic acids is 1. The number of aliphatic carboxylic acids is 1. The summed E-state index contributed by atoms with van der Waals surface area (Å²) in [5.74, 6) is -1.65. The molecule has 0 saturated carbocycles. The van der Waals surface area contributed by atoms with Gasteiger partial charge in [-0.15, -0.1) is 11.3 Å². The Balaban J connectivity index is 2.27. The number of nitrogens with one attached hydrogen (secondary N) is 1. The highest BCUT2D eigenvalue weighted by Gasteiger charge is 2.25. The van der Waals surface area contributed by atoms with Crippen molar-refractivity contribution in [3.05, 3.63) is 54.1 Å². The second-order valence-corrected chi connectivity index (χ2v) is 7.63. The summed E-state index contributed by atoms with van der Waals surface area (Å²) >= 11 is 13.8. The number of carbonyl (C=O) groups excluding carboxylic acids is 1. The first-order chi connectivity index (χ1) is 9.90. The molecule has 2 aromatic rings. The van der Waals surface area contributed by atoms with Crippen molar-refractivity contribution in [3.8, 4) is 0 Å². The average Bonchev–Trinajstić information content (AvgIpc) is 2.76. The maximum atomic E-state index is 12.2. The molecule has 0 bridgehead atoms. The summed E-state index contributed by atoms with van der Waals surface area (Å²) in [5.41, 5.74) is 0.342. The predicted octanol–water partition coefficient (Wildman–Crippen LogP) is 4.48. The van der Waals surface area contributed by atoms with Crippen molar-refractivity contribution in [3.63, 3.8) is 0 Å². The number of carboxylic acid groups (broad SMARTS) is 1. The third kappa shape index (κ3) is 3.85. The van der Waals surface area contributed by atoms with E-state index in [0.29, 0.717) is 15.5 Å². The summed E-state index contributed by atoms with van der Waals surface area (Å²) in [4.78, 5) is 24.0. The first kappa shape index (κ1) is 16.5. The summed E-state index contributed by atoms with van der Waals surface area (Å²) in [6.45, 7) is 0. The Labute approximate surface area is 146 Å². The van der Waals surface area contributed by atoms with E-state index in [1.54, 1.807) is 30.3 Å². The SMILES string of the molecule is O=C(N[C@@H](C(=O)O)c1ccccc1Cl)c1cc(Br)c(Br)s1. The second kappa shape index (κ2) is 6.91. The molecule has 0 aliphatic carbocycles. The van der Waals surface area contributed by atoms with E-state index in [9.17, 15) is 14.7 Å². The monoisotopic (exact) mass is 451 g/mol. The van der Waals surface area contributed by atoms with Crippen LogP contribution in [-0.4, -0.2) is 17.0 Å². The van der Waals surface area contributed by atoms with Crippen LogP contribution in [0.1, 0.15) is 21.3 Å². The minimum atomic E-state index is -1.20. The van der Waals surface area contributed by atoms with Gasteiger partial charge in [-0.2, -0.15) is 0 Å². The van der Waals surface area contributed by atoms with E-state index in [0.717, 1.165) is 8.26 Å². The van der Waals surface area contributed by atoms with Crippen LogP contribution in [0.2, 0.25) is 5.02 Å². The largest absolute Gasteiger partial charge is 0.479 e. The fourth-order valence-electron chi connectivity index (χ4n) is 1.64. The zero-order valence-electron chi connectivity index (χ0n) is 10.3. The number of amides is 1. The standard InChI is InChI=1S/C13H8Br2ClNO3S/c14-7-5-9(21-11(7)15)12(18)17-10(13(19)20)6-3-1-2-4-8(6)16/h1-5,10H,(H,17,18)(H,19,20)/t10-/m1/s1. The smallest absolute Gasteiger partial charge is 0.330 e. The molecule has 0 aliphatic rings. The summed E-state index contributed by atoms with van der Waals surface area (Å²) in [7, 11) is 0. The van der Waals surface area contributed by atoms with Crippen LogP contribution in [0.15, 0.2) is 38.6 Å². The van der Waals surface area contributed by atoms with Gasteiger partial charge in [-0.1, -0.05) is 29.8 Å². The Kier molecular flexibility index (Phi) is 5.43. The van der Waals surface area contributed by atoms with Gasteiger partial charge < -0.3 is 10.4 Å². The van der Waals surface area contributed by atoms with Gasteiger partial charge in [0.2, 0.25) is 0 Å². The molecule has 1 amide bonds. The van der Waals surface area contributed by atoms with Crippen LogP contribution >= 0.6 is 54.8 Å². The molecule has 1 atom stereocenters. The molecular formula is C13H8Br2ClNO3S. The number of thiophene rings is 1. The fraction of sp³-hybridized carbons (Fsp3) is 0.0769. The Bertz CT molecular complexity index is 685. The Morgan fingerprint density at radius 2 is 1.95 bits per heavy atom. The summed E-state index contributed by atoms with van der Waals surface area (Å²) in [6, 6.07) is 6.93. The minimum Gasteiger partial charge on any atom is -0.479 e. The molecule has 0 spiro atoms. The van der Waals surface area contributed by atoms with Crippen molar-refractivity contribution in [2.75, 3.05) is 0 Å². The topological polar surface area (TPSA) is 66.4 Å². The number of halogens is 3. The van der Waals surface area contributed by atoms with Gasteiger partial charge in [0.1, 0.15) is 0 Å². The van der Waals surface area contributed by atoms with Crippen LogP contribution in [0.25, 0.3) is 0 Å². The van der Waals surface area contributed by atoms with Crippen LogP contribution in [0.3, 0.4) is 0 Å². The molecular weight excluding hydrogens is 445 g/mol. The quantitative estimate of drug-likeness (QED) is 0.717.